The first-order valence-electron chi connectivity index (χ1n) is 7.84. The Morgan fingerprint density at radius 3 is 2.46 bits per heavy atom. The second-order valence-corrected chi connectivity index (χ2v) is 6.45. The number of benzene rings is 2. The third-order valence-corrected chi connectivity index (χ3v) is 4.26. The SMILES string of the molecule is C[C@@H](Oc1ccccc1F)C(=O)NNC(=O)CCSc1ccc(F)cc1. The molecule has 0 saturated carbocycles. The predicted octanol–water partition coefficient (Wildman–Crippen LogP) is 3.06. The maximum Gasteiger partial charge on any atom is 0.279 e. The average Bonchev–Trinajstić information content (AvgIpc) is 2.63. The fourth-order valence-corrected chi connectivity index (χ4v) is 2.72. The van der Waals surface area contributed by atoms with E-state index < -0.39 is 17.8 Å². The molecule has 0 aromatic heterocycles. The Bertz CT molecular complexity index is 756. The van der Waals surface area contributed by atoms with Crippen molar-refractivity contribution in [2.45, 2.75) is 24.3 Å². The lowest BCUT2D eigenvalue weighted by atomic mass is 10.3. The molecule has 0 radical (unpaired) electrons. The number of rotatable bonds is 7. The number of hydrogen-bond acceptors (Lipinski definition) is 4. The van der Waals surface area contributed by atoms with Crippen molar-refractivity contribution in [1.82, 2.24) is 10.9 Å². The number of carbonyl (C=O) groups is 2. The number of nitrogens with one attached hydrogen (secondary N) is 2. The van der Waals surface area contributed by atoms with Gasteiger partial charge in [-0.1, -0.05) is 12.1 Å². The van der Waals surface area contributed by atoms with Crippen molar-refractivity contribution in [3.63, 3.8) is 0 Å². The van der Waals surface area contributed by atoms with E-state index in [0.717, 1.165) is 4.90 Å². The number of carbonyl (C=O) groups excluding carboxylic acids is 2. The van der Waals surface area contributed by atoms with E-state index in [-0.39, 0.29) is 23.9 Å². The van der Waals surface area contributed by atoms with E-state index >= 15 is 0 Å². The Morgan fingerprint density at radius 1 is 1.08 bits per heavy atom. The summed E-state index contributed by atoms with van der Waals surface area (Å²) in [4.78, 5) is 24.4. The van der Waals surface area contributed by atoms with Crippen molar-refractivity contribution in [3.05, 3.63) is 60.2 Å². The van der Waals surface area contributed by atoms with Crippen molar-refractivity contribution < 1.29 is 23.1 Å². The Morgan fingerprint density at radius 2 is 1.77 bits per heavy atom. The van der Waals surface area contributed by atoms with Crippen LogP contribution < -0.4 is 15.6 Å². The number of hydrogen-bond donors (Lipinski definition) is 2. The molecular formula is C18H18F2N2O3S. The van der Waals surface area contributed by atoms with Gasteiger partial charge in [0, 0.05) is 17.1 Å². The number of amides is 2. The lowest BCUT2D eigenvalue weighted by Crippen LogP contribution is -2.47. The zero-order chi connectivity index (χ0) is 18.9. The standard InChI is InChI=1S/C18H18F2N2O3S/c1-12(25-16-5-3-2-4-15(16)20)18(24)22-21-17(23)10-11-26-14-8-6-13(19)7-9-14/h2-9,12H,10-11H2,1H3,(H,21,23)(H,22,24)/t12-/m1/s1. The summed E-state index contributed by atoms with van der Waals surface area (Å²) < 4.78 is 31.5. The van der Waals surface area contributed by atoms with Gasteiger partial charge in [0.15, 0.2) is 17.7 Å². The number of thioether (sulfide) groups is 1. The van der Waals surface area contributed by atoms with Crippen LogP contribution >= 0.6 is 11.8 Å². The molecule has 8 heteroatoms. The highest BCUT2D eigenvalue weighted by Crippen LogP contribution is 2.19. The molecular weight excluding hydrogens is 362 g/mol. The second kappa shape index (κ2) is 9.76. The molecule has 0 saturated heterocycles. The van der Waals surface area contributed by atoms with E-state index in [2.05, 4.69) is 10.9 Å². The fourth-order valence-electron chi connectivity index (χ4n) is 1.87. The first-order valence-corrected chi connectivity index (χ1v) is 8.82. The van der Waals surface area contributed by atoms with E-state index in [0.29, 0.717) is 5.75 Å². The second-order valence-electron chi connectivity index (χ2n) is 5.28. The van der Waals surface area contributed by atoms with Crippen LogP contribution in [0.3, 0.4) is 0 Å². The molecule has 0 aliphatic rings. The summed E-state index contributed by atoms with van der Waals surface area (Å²) in [6.07, 6.45) is -0.828. The molecule has 0 bridgehead atoms. The van der Waals surface area contributed by atoms with Gasteiger partial charge in [0.05, 0.1) is 0 Å². The smallest absolute Gasteiger partial charge is 0.279 e. The topological polar surface area (TPSA) is 67.4 Å². The highest BCUT2D eigenvalue weighted by molar-refractivity contribution is 7.99. The monoisotopic (exact) mass is 380 g/mol. The summed E-state index contributed by atoms with van der Waals surface area (Å²) in [7, 11) is 0. The minimum atomic E-state index is -0.985. The Labute approximate surface area is 154 Å². The van der Waals surface area contributed by atoms with E-state index in [1.807, 2.05) is 0 Å². The van der Waals surface area contributed by atoms with Gasteiger partial charge in [-0.3, -0.25) is 20.4 Å². The third-order valence-electron chi connectivity index (χ3n) is 3.25. The zero-order valence-electron chi connectivity index (χ0n) is 14.0. The first kappa shape index (κ1) is 19.7. The van der Waals surface area contributed by atoms with E-state index in [9.17, 15) is 18.4 Å². The van der Waals surface area contributed by atoms with Gasteiger partial charge in [-0.25, -0.2) is 8.78 Å². The van der Waals surface area contributed by atoms with Crippen LogP contribution in [-0.4, -0.2) is 23.7 Å². The van der Waals surface area contributed by atoms with Crippen LogP contribution in [0.15, 0.2) is 53.4 Å². The fraction of sp³-hybridized carbons (Fsp3) is 0.222. The quantitative estimate of drug-likeness (QED) is 0.572. The van der Waals surface area contributed by atoms with Crippen molar-refractivity contribution in [1.29, 1.82) is 0 Å². The maximum atomic E-state index is 13.5. The third kappa shape index (κ3) is 6.36. The molecule has 5 nitrogen and oxygen atoms in total. The summed E-state index contributed by atoms with van der Waals surface area (Å²) in [5, 5.41) is 0. The summed E-state index contributed by atoms with van der Waals surface area (Å²) >= 11 is 1.39. The molecule has 0 heterocycles. The molecule has 0 aliphatic carbocycles. The molecule has 0 unspecified atom stereocenters. The van der Waals surface area contributed by atoms with Gasteiger partial charge in [0.25, 0.3) is 5.91 Å². The lowest BCUT2D eigenvalue weighted by Gasteiger charge is -2.15. The molecule has 138 valence electrons. The number of hydrazine groups is 1. The highest BCUT2D eigenvalue weighted by Gasteiger charge is 2.17. The molecule has 0 fully saturated rings. The molecule has 0 aliphatic heterocycles. The lowest BCUT2D eigenvalue weighted by molar-refractivity contribution is -0.132. The zero-order valence-corrected chi connectivity index (χ0v) is 14.8. The molecule has 26 heavy (non-hydrogen) atoms. The average molecular weight is 380 g/mol. The summed E-state index contributed by atoms with van der Waals surface area (Å²) in [6, 6.07) is 11.7. The molecule has 2 aromatic rings. The summed E-state index contributed by atoms with van der Waals surface area (Å²) in [5.74, 6) is -1.46. The van der Waals surface area contributed by atoms with Crippen molar-refractivity contribution in [2.75, 3.05) is 5.75 Å². The van der Waals surface area contributed by atoms with E-state index in [1.54, 1.807) is 18.2 Å². The van der Waals surface area contributed by atoms with Gasteiger partial charge in [-0.2, -0.15) is 0 Å². The van der Waals surface area contributed by atoms with Gasteiger partial charge in [0.2, 0.25) is 5.91 Å². The van der Waals surface area contributed by atoms with Gasteiger partial charge >= 0.3 is 0 Å². The van der Waals surface area contributed by atoms with Crippen LogP contribution in [-0.2, 0) is 9.59 Å². The summed E-state index contributed by atoms with van der Waals surface area (Å²) in [6.45, 7) is 1.44. The Kier molecular flexibility index (Phi) is 7.40. The van der Waals surface area contributed by atoms with Crippen LogP contribution in [0.5, 0.6) is 5.75 Å². The highest BCUT2D eigenvalue weighted by atomic mass is 32.2. The minimum absolute atomic E-state index is 0.0443. The predicted molar refractivity (Wildman–Crippen MR) is 94.5 cm³/mol. The van der Waals surface area contributed by atoms with Crippen molar-refractivity contribution in [2.24, 2.45) is 0 Å². The van der Waals surface area contributed by atoms with Gasteiger partial charge in [-0.15, -0.1) is 11.8 Å². The normalized spacial score (nSPS) is 11.5. The van der Waals surface area contributed by atoms with Crippen LogP contribution in [0.2, 0.25) is 0 Å². The van der Waals surface area contributed by atoms with E-state index in [4.69, 9.17) is 4.74 Å². The van der Waals surface area contributed by atoms with Gasteiger partial charge in [-0.05, 0) is 43.3 Å². The minimum Gasteiger partial charge on any atom is -0.478 e. The van der Waals surface area contributed by atoms with Crippen LogP contribution in [0.1, 0.15) is 13.3 Å². The van der Waals surface area contributed by atoms with Crippen LogP contribution in [0.25, 0.3) is 0 Å². The molecule has 0 spiro atoms. The van der Waals surface area contributed by atoms with Crippen LogP contribution in [0.4, 0.5) is 8.78 Å². The molecule has 2 rings (SSSR count). The largest absolute Gasteiger partial charge is 0.478 e. The molecule has 1 atom stereocenters. The van der Waals surface area contributed by atoms with Gasteiger partial charge < -0.3 is 4.74 Å². The van der Waals surface area contributed by atoms with Crippen molar-refractivity contribution >= 4 is 23.6 Å². The number of halogens is 2. The Hall–Kier alpha value is -2.61. The molecule has 2 aromatic carbocycles. The first-order chi connectivity index (χ1) is 12.5. The Balaban J connectivity index is 1.68. The number of ether oxygens (including phenoxy) is 1. The molecule has 2 N–H and O–H groups in total. The van der Waals surface area contributed by atoms with Gasteiger partial charge in [0.1, 0.15) is 5.82 Å². The van der Waals surface area contributed by atoms with Crippen LogP contribution in [0, 0.1) is 11.6 Å². The summed E-state index contributed by atoms with van der Waals surface area (Å²) in [5.41, 5.74) is 4.51. The van der Waals surface area contributed by atoms with Crippen molar-refractivity contribution in [3.8, 4) is 5.75 Å². The molecule has 2 amide bonds. The maximum absolute atomic E-state index is 13.5. The van der Waals surface area contributed by atoms with E-state index in [1.165, 1.54) is 49.0 Å². The number of para-hydroxylation sites is 1.